The lowest BCUT2D eigenvalue weighted by molar-refractivity contribution is 0.225. The fraction of sp³-hybridized carbons (Fsp3) is 0.200. The molecule has 0 amide bonds. The molecule has 0 aliphatic heterocycles. The van der Waals surface area contributed by atoms with Gasteiger partial charge in [0, 0.05) is 12.1 Å². The SMILES string of the molecule is COc1cc(C(c2oc(CO)cc(=O)c2O)c2oc(CO)cc(=O)c2O)ccc1O. The molecule has 1 aromatic carbocycles. The number of methoxy groups -OCH3 is 1. The quantitative estimate of drug-likeness (QED) is 0.387. The summed E-state index contributed by atoms with van der Waals surface area (Å²) in [6.45, 7) is -1.33. The van der Waals surface area contributed by atoms with Gasteiger partial charge in [0.1, 0.15) is 30.7 Å². The maximum atomic E-state index is 12.2. The molecule has 3 rings (SSSR count). The fourth-order valence-corrected chi connectivity index (χ4v) is 2.95. The maximum Gasteiger partial charge on any atom is 0.227 e. The Morgan fingerprint density at radius 2 is 1.37 bits per heavy atom. The number of aromatic hydroxyl groups is 3. The number of aliphatic hydroxyl groups is 2. The predicted octanol–water partition coefficient (Wildman–Crippen LogP) is 0.883. The van der Waals surface area contributed by atoms with Gasteiger partial charge in [0.2, 0.25) is 22.4 Å². The maximum absolute atomic E-state index is 12.2. The van der Waals surface area contributed by atoms with E-state index in [-0.39, 0.29) is 28.6 Å². The normalized spacial score (nSPS) is 11.1. The zero-order chi connectivity index (χ0) is 22.0. The first-order chi connectivity index (χ1) is 14.3. The second-order valence-electron chi connectivity index (χ2n) is 6.26. The van der Waals surface area contributed by atoms with Crippen LogP contribution in [0.2, 0.25) is 0 Å². The molecule has 0 saturated carbocycles. The Kier molecular flexibility index (Phi) is 5.81. The van der Waals surface area contributed by atoms with E-state index in [0.29, 0.717) is 0 Å². The molecule has 10 nitrogen and oxygen atoms in total. The van der Waals surface area contributed by atoms with Gasteiger partial charge in [0.25, 0.3) is 0 Å². The van der Waals surface area contributed by atoms with Crippen LogP contribution in [0.3, 0.4) is 0 Å². The Bertz CT molecular complexity index is 1120. The molecule has 0 spiro atoms. The van der Waals surface area contributed by atoms with Crippen LogP contribution in [0.25, 0.3) is 0 Å². The third kappa shape index (κ3) is 3.73. The molecule has 30 heavy (non-hydrogen) atoms. The van der Waals surface area contributed by atoms with Crippen LogP contribution in [-0.4, -0.2) is 32.6 Å². The van der Waals surface area contributed by atoms with E-state index in [1.165, 1.54) is 25.3 Å². The summed E-state index contributed by atoms with van der Waals surface area (Å²) in [4.78, 5) is 24.3. The number of phenolic OH excluding ortho intramolecular Hbond substituents is 1. The van der Waals surface area contributed by atoms with Crippen molar-refractivity contribution in [1.82, 2.24) is 0 Å². The largest absolute Gasteiger partial charge is 0.504 e. The third-order valence-corrected chi connectivity index (χ3v) is 4.37. The van der Waals surface area contributed by atoms with E-state index >= 15 is 0 Å². The average Bonchev–Trinajstić information content (AvgIpc) is 2.74. The Morgan fingerprint density at radius 3 is 1.80 bits per heavy atom. The van der Waals surface area contributed by atoms with Crippen LogP contribution in [0.15, 0.2) is 48.8 Å². The number of rotatable bonds is 6. The first-order valence-corrected chi connectivity index (χ1v) is 8.61. The molecule has 0 unspecified atom stereocenters. The van der Waals surface area contributed by atoms with Crippen molar-refractivity contribution in [3.63, 3.8) is 0 Å². The summed E-state index contributed by atoms with van der Waals surface area (Å²) in [6.07, 6.45) is 0. The number of hydrogen-bond donors (Lipinski definition) is 5. The number of ether oxygens (including phenoxy) is 1. The molecule has 0 atom stereocenters. The molecule has 2 heterocycles. The lowest BCUT2D eigenvalue weighted by atomic mass is 9.91. The van der Waals surface area contributed by atoms with E-state index in [9.17, 15) is 35.1 Å². The summed E-state index contributed by atoms with van der Waals surface area (Å²) in [5, 5.41) is 49.4. The minimum Gasteiger partial charge on any atom is -0.504 e. The van der Waals surface area contributed by atoms with Gasteiger partial charge in [0.05, 0.1) is 7.11 Å². The van der Waals surface area contributed by atoms with E-state index in [0.717, 1.165) is 12.1 Å². The second-order valence-corrected chi connectivity index (χ2v) is 6.26. The first kappa shape index (κ1) is 21.0. The molecular weight excluding hydrogens is 400 g/mol. The van der Waals surface area contributed by atoms with Gasteiger partial charge in [-0.3, -0.25) is 9.59 Å². The van der Waals surface area contributed by atoms with Crippen molar-refractivity contribution in [3.8, 4) is 23.0 Å². The van der Waals surface area contributed by atoms with Gasteiger partial charge in [-0.1, -0.05) is 6.07 Å². The lowest BCUT2D eigenvalue weighted by Gasteiger charge is -2.19. The van der Waals surface area contributed by atoms with Crippen molar-refractivity contribution in [2.75, 3.05) is 7.11 Å². The van der Waals surface area contributed by atoms with Crippen molar-refractivity contribution in [3.05, 3.63) is 79.4 Å². The zero-order valence-electron chi connectivity index (χ0n) is 15.7. The zero-order valence-corrected chi connectivity index (χ0v) is 15.7. The van der Waals surface area contributed by atoms with Crippen LogP contribution in [0.5, 0.6) is 23.0 Å². The lowest BCUT2D eigenvalue weighted by Crippen LogP contribution is -2.14. The number of aliphatic hydroxyl groups excluding tert-OH is 2. The van der Waals surface area contributed by atoms with Crippen LogP contribution in [0.4, 0.5) is 0 Å². The Labute approximate surface area is 168 Å². The molecule has 3 aromatic rings. The monoisotopic (exact) mass is 418 g/mol. The number of hydrogen-bond acceptors (Lipinski definition) is 10. The second kappa shape index (κ2) is 8.31. The molecule has 0 fully saturated rings. The van der Waals surface area contributed by atoms with Gasteiger partial charge in [-0.15, -0.1) is 0 Å². The molecule has 10 heteroatoms. The predicted molar refractivity (Wildman–Crippen MR) is 101 cm³/mol. The highest BCUT2D eigenvalue weighted by atomic mass is 16.5. The minimum absolute atomic E-state index is 0.0119. The van der Waals surface area contributed by atoms with Gasteiger partial charge >= 0.3 is 0 Å². The molecule has 2 aromatic heterocycles. The Hall–Kier alpha value is -3.76. The van der Waals surface area contributed by atoms with Crippen LogP contribution in [-0.2, 0) is 13.2 Å². The minimum atomic E-state index is -1.38. The molecule has 5 N–H and O–H groups in total. The first-order valence-electron chi connectivity index (χ1n) is 8.61. The van der Waals surface area contributed by atoms with Crippen LogP contribution in [0, 0.1) is 0 Å². The number of phenols is 1. The van der Waals surface area contributed by atoms with Gasteiger partial charge in [0.15, 0.2) is 23.0 Å². The highest BCUT2D eigenvalue weighted by Crippen LogP contribution is 2.41. The van der Waals surface area contributed by atoms with Crippen molar-refractivity contribution in [1.29, 1.82) is 0 Å². The summed E-state index contributed by atoms with van der Waals surface area (Å²) in [6, 6.07) is 5.69. The van der Waals surface area contributed by atoms with Gasteiger partial charge in [-0.05, 0) is 17.7 Å². The molecule has 0 radical (unpaired) electrons. The molecule has 0 bridgehead atoms. The van der Waals surface area contributed by atoms with Crippen molar-refractivity contribution in [2.45, 2.75) is 19.1 Å². The van der Waals surface area contributed by atoms with Crippen molar-refractivity contribution in [2.24, 2.45) is 0 Å². The van der Waals surface area contributed by atoms with Crippen molar-refractivity contribution >= 4 is 0 Å². The average molecular weight is 418 g/mol. The van der Waals surface area contributed by atoms with E-state index in [1.54, 1.807) is 0 Å². The Balaban J connectivity index is 2.40. The summed E-state index contributed by atoms with van der Waals surface area (Å²) >= 11 is 0. The van der Waals surface area contributed by atoms with Crippen LogP contribution in [0.1, 0.15) is 34.5 Å². The molecule has 0 aliphatic rings. The smallest absolute Gasteiger partial charge is 0.227 e. The summed E-state index contributed by atoms with van der Waals surface area (Å²) in [5.41, 5.74) is -1.57. The van der Waals surface area contributed by atoms with Crippen LogP contribution >= 0.6 is 0 Å². The van der Waals surface area contributed by atoms with E-state index < -0.39 is 53.0 Å². The third-order valence-electron chi connectivity index (χ3n) is 4.37. The number of benzene rings is 1. The summed E-state index contributed by atoms with van der Waals surface area (Å²) in [7, 11) is 1.29. The molecule has 0 saturated heterocycles. The summed E-state index contributed by atoms with van der Waals surface area (Å²) in [5.74, 6) is -4.53. The van der Waals surface area contributed by atoms with Gasteiger partial charge in [-0.2, -0.15) is 0 Å². The van der Waals surface area contributed by atoms with E-state index in [4.69, 9.17) is 13.6 Å². The topological polar surface area (TPSA) is 171 Å². The highest BCUT2D eigenvalue weighted by molar-refractivity contribution is 5.50. The highest BCUT2D eigenvalue weighted by Gasteiger charge is 2.32. The van der Waals surface area contributed by atoms with Crippen molar-refractivity contribution < 1.29 is 39.1 Å². The van der Waals surface area contributed by atoms with Gasteiger partial charge in [-0.25, -0.2) is 0 Å². The molecule has 0 aliphatic carbocycles. The van der Waals surface area contributed by atoms with Gasteiger partial charge < -0.3 is 39.1 Å². The Morgan fingerprint density at radius 1 is 0.867 bits per heavy atom. The van der Waals surface area contributed by atoms with E-state index in [1.807, 2.05) is 0 Å². The van der Waals surface area contributed by atoms with Crippen LogP contribution < -0.4 is 15.6 Å². The molecular formula is C20H18O10. The molecule has 158 valence electrons. The fourth-order valence-electron chi connectivity index (χ4n) is 2.95. The standard InChI is InChI=1S/C20H18O10/c1-28-15-4-9(2-3-12(15)23)16(19-17(26)13(24)5-10(7-21)29-19)20-18(27)14(25)6-11(8-22)30-20/h2-6,16,21-23,26-27H,7-8H2,1H3. The summed E-state index contributed by atoms with van der Waals surface area (Å²) < 4.78 is 16.0. The van der Waals surface area contributed by atoms with E-state index in [2.05, 4.69) is 0 Å².